The largest absolute Gasteiger partial charge is 0.493 e. The summed E-state index contributed by atoms with van der Waals surface area (Å²) in [6.07, 6.45) is 0. The van der Waals surface area contributed by atoms with Gasteiger partial charge in [0.1, 0.15) is 6.54 Å². The smallest absolute Gasteiger partial charge is 0.339 e. The van der Waals surface area contributed by atoms with Crippen molar-refractivity contribution >= 4 is 44.9 Å². The van der Waals surface area contributed by atoms with Crippen LogP contribution in [0.15, 0.2) is 71.6 Å². The van der Waals surface area contributed by atoms with Crippen molar-refractivity contribution in [2.45, 2.75) is 11.8 Å². The van der Waals surface area contributed by atoms with Gasteiger partial charge in [-0.2, -0.15) is 0 Å². The molecule has 0 aromatic heterocycles. The number of hydrogen-bond acceptors (Lipinski definition) is 7. The summed E-state index contributed by atoms with van der Waals surface area (Å²) in [5, 5.41) is 2.77. The molecule has 0 fully saturated rings. The van der Waals surface area contributed by atoms with Crippen molar-refractivity contribution in [3.63, 3.8) is 0 Å². The van der Waals surface area contributed by atoms with Crippen LogP contribution < -0.4 is 19.1 Å². The van der Waals surface area contributed by atoms with E-state index in [-0.39, 0.29) is 33.5 Å². The first-order valence-electron chi connectivity index (χ1n) is 10.8. The molecule has 0 heterocycles. The number of carbonyl (C=O) groups excluding carboxylic acids is 2. The summed E-state index contributed by atoms with van der Waals surface area (Å²) in [6.45, 7) is 1.25. The molecule has 3 rings (SSSR count). The van der Waals surface area contributed by atoms with Crippen LogP contribution in [0, 0.1) is 0 Å². The van der Waals surface area contributed by atoms with Gasteiger partial charge in [0.15, 0.2) is 11.5 Å². The van der Waals surface area contributed by atoms with Crippen molar-refractivity contribution < 1.29 is 32.2 Å². The number of nitrogens with one attached hydrogen (secondary N) is 1. The first-order valence-corrected chi connectivity index (χ1v) is 12.6. The number of sulfonamides is 1. The molecule has 0 saturated carbocycles. The van der Waals surface area contributed by atoms with E-state index in [1.165, 1.54) is 56.7 Å². The van der Waals surface area contributed by atoms with Crippen LogP contribution in [-0.4, -0.2) is 47.7 Å². The van der Waals surface area contributed by atoms with Crippen molar-refractivity contribution in [2.24, 2.45) is 0 Å². The normalized spacial score (nSPS) is 10.9. The van der Waals surface area contributed by atoms with E-state index in [2.05, 4.69) is 5.32 Å². The monoisotopic (exact) mass is 532 g/mol. The SMILES string of the molecule is CCOC(=O)c1cc(NC(=O)CN(c2ccc(OC)c(OC)c2)S(=O)(=O)c2ccccc2)ccc1Cl. The molecule has 11 heteroatoms. The number of rotatable bonds is 10. The van der Waals surface area contributed by atoms with Crippen LogP contribution in [0.4, 0.5) is 11.4 Å². The lowest BCUT2D eigenvalue weighted by molar-refractivity contribution is -0.114. The maximum Gasteiger partial charge on any atom is 0.339 e. The maximum atomic E-state index is 13.5. The molecule has 0 aliphatic heterocycles. The number of benzene rings is 3. The van der Waals surface area contributed by atoms with Crippen LogP contribution in [0.1, 0.15) is 17.3 Å². The number of carbonyl (C=O) groups is 2. The molecule has 0 bridgehead atoms. The molecule has 0 aliphatic rings. The average molecular weight is 533 g/mol. The van der Waals surface area contributed by atoms with Crippen LogP contribution >= 0.6 is 11.6 Å². The third-order valence-corrected chi connectivity index (χ3v) is 7.14. The van der Waals surface area contributed by atoms with Crippen molar-refractivity contribution in [3.05, 3.63) is 77.3 Å². The van der Waals surface area contributed by atoms with Gasteiger partial charge in [0.2, 0.25) is 5.91 Å². The first kappa shape index (κ1) is 26.8. The fraction of sp³-hybridized carbons (Fsp3) is 0.200. The zero-order valence-corrected chi connectivity index (χ0v) is 21.4. The number of nitrogens with zero attached hydrogens (tertiary/aromatic N) is 1. The summed E-state index contributed by atoms with van der Waals surface area (Å²) >= 11 is 6.09. The summed E-state index contributed by atoms with van der Waals surface area (Å²) in [4.78, 5) is 25.2. The van der Waals surface area contributed by atoms with E-state index >= 15 is 0 Å². The van der Waals surface area contributed by atoms with Crippen LogP contribution in [-0.2, 0) is 19.6 Å². The predicted octanol–water partition coefficient (Wildman–Crippen LogP) is 4.37. The molecule has 190 valence electrons. The van der Waals surface area contributed by atoms with E-state index in [9.17, 15) is 18.0 Å². The van der Waals surface area contributed by atoms with E-state index in [0.717, 1.165) is 4.31 Å². The van der Waals surface area contributed by atoms with Gasteiger partial charge in [-0.15, -0.1) is 0 Å². The molecule has 0 spiro atoms. The summed E-state index contributed by atoms with van der Waals surface area (Å²) in [7, 11) is -1.26. The summed E-state index contributed by atoms with van der Waals surface area (Å²) in [5.41, 5.74) is 0.511. The highest BCUT2D eigenvalue weighted by atomic mass is 35.5. The molecule has 0 saturated heterocycles. The van der Waals surface area contributed by atoms with Crippen molar-refractivity contribution in [2.75, 3.05) is 37.0 Å². The van der Waals surface area contributed by atoms with Gasteiger partial charge in [-0.05, 0) is 49.4 Å². The molecule has 0 atom stereocenters. The second-order valence-corrected chi connectivity index (χ2v) is 9.60. The van der Waals surface area contributed by atoms with Gasteiger partial charge in [0, 0.05) is 11.8 Å². The van der Waals surface area contributed by atoms with Gasteiger partial charge in [0.25, 0.3) is 10.0 Å². The molecular formula is C25H25ClN2O7S. The van der Waals surface area contributed by atoms with E-state index in [1.54, 1.807) is 31.2 Å². The highest BCUT2D eigenvalue weighted by Crippen LogP contribution is 2.34. The molecular weight excluding hydrogens is 508 g/mol. The van der Waals surface area contributed by atoms with E-state index in [1.807, 2.05) is 0 Å². The maximum absolute atomic E-state index is 13.5. The standard InChI is InChI=1S/C25H25ClN2O7S/c1-4-35-25(30)20-14-17(10-12-21(20)26)27-24(29)16-28(36(31,32)19-8-6-5-7-9-19)18-11-13-22(33-2)23(15-18)34-3/h5-15H,4,16H2,1-3H3,(H,27,29). The highest BCUT2D eigenvalue weighted by Gasteiger charge is 2.28. The van der Waals surface area contributed by atoms with Gasteiger partial charge in [-0.3, -0.25) is 9.10 Å². The number of methoxy groups -OCH3 is 2. The topological polar surface area (TPSA) is 111 Å². The minimum atomic E-state index is -4.14. The molecule has 0 aliphatic carbocycles. The first-order chi connectivity index (χ1) is 17.2. The van der Waals surface area contributed by atoms with Gasteiger partial charge in [-0.1, -0.05) is 29.8 Å². The van der Waals surface area contributed by atoms with Crippen molar-refractivity contribution in [3.8, 4) is 11.5 Å². The molecule has 1 N–H and O–H groups in total. The number of amides is 1. The number of ether oxygens (including phenoxy) is 3. The third-order valence-electron chi connectivity index (χ3n) is 5.02. The Kier molecular flexibility index (Phi) is 8.78. The Morgan fingerprint density at radius 3 is 2.28 bits per heavy atom. The van der Waals surface area contributed by atoms with Crippen LogP contribution in [0.5, 0.6) is 11.5 Å². The minimum Gasteiger partial charge on any atom is -0.493 e. The number of hydrogen-bond donors (Lipinski definition) is 1. The van der Waals surface area contributed by atoms with Gasteiger partial charge in [-0.25, -0.2) is 13.2 Å². The van der Waals surface area contributed by atoms with Gasteiger partial charge in [0.05, 0.1) is 42.0 Å². The lowest BCUT2D eigenvalue weighted by Crippen LogP contribution is -2.38. The molecule has 0 radical (unpaired) electrons. The lowest BCUT2D eigenvalue weighted by atomic mass is 10.2. The van der Waals surface area contributed by atoms with Crippen molar-refractivity contribution in [1.82, 2.24) is 0 Å². The zero-order valence-electron chi connectivity index (χ0n) is 19.9. The second-order valence-electron chi connectivity index (χ2n) is 7.33. The fourth-order valence-corrected chi connectivity index (χ4v) is 4.94. The Labute approximate surface area is 214 Å². The number of halogens is 1. The summed E-state index contributed by atoms with van der Waals surface area (Å²) < 4.78 is 43.5. The lowest BCUT2D eigenvalue weighted by Gasteiger charge is -2.25. The molecule has 3 aromatic rings. The Balaban J connectivity index is 1.96. The minimum absolute atomic E-state index is 0.00340. The molecule has 0 unspecified atom stereocenters. The van der Waals surface area contributed by atoms with Crippen LogP contribution in [0.25, 0.3) is 0 Å². The molecule has 9 nitrogen and oxygen atoms in total. The fourth-order valence-electron chi connectivity index (χ4n) is 3.31. The quantitative estimate of drug-likeness (QED) is 0.386. The van der Waals surface area contributed by atoms with Crippen LogP contribution in [0.2, 0.25) is 5.02 Å². The Hall–Kier alpha value is -3.76. The predicted molar refractivity (Wildman–Crippen MR) is 137 cm³/mol. The van der Waals surface area contributed by atoms with E-state index in [0.29, 0.717) is 11.5 Å². The van der Waals surface area contributed by atoms with Gasteiger partial charge >= 0.3 is 5.97 Å². The molecule has 36 heavy (non-hydrogen) atoms. The summed E-state index contributed by atoms with van der Waals surface area (Å²) in [6, 6.07) is 16.6. The Bertz CT molecular complexity index is 1350. The average Bonchev–Trinajstić information content (AvgIpc) is 2.88. The highest BCUT2D eigenvalue weighted by molar-refractivity contribution is 7.92. The van der Waals surface area contributed by atoms with E-state index < -0.39 is 28.4 Å². The van der Waals surface area contributed by atoms with Crippen LogP contribution in [0.3, 0.4) is 0 Å². The Morgan fingerprint density at radius 1 is 0.944 bits per heavy atom. The third kappa shape index (κ3) is 6.07. The molecule has 3 aromatic carbocycles. The molecule has 1 amide bonds. The Morgan fingerprint density at radius 2 is 1.64 bits per heavy atom. The second kappa shape index (κ2) is 11.8. The van der Waals surface area contributed by atoms with Gasteiger partial charge < -0.3 is 19.5 Å². The van der Waals surface area contributed by atoms with E-state index in [4.69, 9.17) is 25.8 Å². The number of anilines is 2. The van der Waals surface area contributed by atoms with Crippen molar-refractivity contribution in [1.29, 1.82) is 0 Å². The summed E-state index contributed by atoms with van der Waals surface area (Å²) in [5.74, 6) is -0.602. The zero-order chi connectivity index (χ0) is 26.3. The number of esters is 1.